The minimum Gasteiger partial charge on any atom is -0.313 e. The normalized spacial score (nSPS) is 27.3. The van der Waals surface area contributed by atoms with Gasteiger partial charge in [-0.1, -0.05) is 34.6 Å². The third kappa shape index (κ3) is 4.55. The van der Waals surface area contributed by atoms with Crippen LogP contribution in [-0.4, -0.2) is 37.6 Å². The van der Waals surface area contributed by atoms with Crippen molar-refractivity contribution in [3.63, 3.8) is 0 Å². The van der Waals surface area contributed by atoms with E-state index in [0.717, 1.165) is 18.4 Å². The molecule has 0 amide bonds. The fraction of sp³-hybridized carbons (Fsp3) is 1.00. The van der Waals surface area contributed by atoms with Gasteiger partial charge in [-0.25, -0.2) is 0 Å². The summed E-state index contributed by atoms with van der Waals surface area (Å²) >= 11 is 0. The molecule has 1 aliphatic carbocycles. The molecule has 0 heterocycles. The maximum atomic E-state index is 3.73. The average Bonchev–Trinajstić information content (AvgIpc) is 2.54. The Bertz CT molecular complexity index is 235. The van der Waals surface area contributed by atoms with E-state index in [9.17, 15) is 0 Å². The van der Waals surface area contributed by atoms with Crippen molar-refractivity contribution in [2.45, 2.75) is 59.9 Å². The highest BCUT2D eigenvalue weighted by Gasteiger charge is 2.41. The molecule has 0 saturated heterocycles. The maximum absolute atomic E-state index is 3.73. The quantitative estimate of drug-likeness (QED) is 0.749. The van der Waals surface area contributed by atoms with Gasteiger partial charge in [-0.05, 0) is 56.7 Å². The standard InChI is InChI=1S/C16H34N2/c1-7-17-15-14(8-10-16(15,4)5)12-18(6)11-9-13(2)3/h13-15,17H,7-12H2,1-6H3. The van der Waals surface area contributed by atoms with Crippen molar-refractivity contribution in [1.29, 1.82) is 0 Å². The molecule has 2 unspecified atom stereocenters. The topological polar surface area (TPSA) is 15.3 Å². The van der Waals surface area contributed by atoms with Gasteiger partial charge in [-0.2, -0.15) is 0 Å². The molecule has 0 aromatic rings. The van der Waals surface area contributed by atoms with E-state index in [1.807, 2.05) is 0 Å². The zero-order valence-corrected chi connectivity index (χ0v) is 13.4. The second kappa shape index (κ2) is 6.91. The van der Waals surface area contributed by atoms with Gasteiger partial charge in [0, 0.05) is 12.6 Å². The lowest BCUT2D eigenvalue weighted by atomic mass is 9.84. The molecule has 1 saturated carbocycles. The Hall–Kier alpha value is -0.0800. The van der Waals surface area contributed by atoms with Crippen LogP contribution in [0.3, 0.4) is 0 Å². The summed E-state index contributed by atoms with van der Waals surface area (Å²) in [5.41, 5.74) is 0.472. The second-order valence-corrected chi connectivity index (χ2v) is 7.27. The lowest BCUT2D eigenvalue weighted by Crippen LogP contribution is -2.45. The minimum atomic E-state index is 0.472. The maximum Gasteiger partial charge on any atom is 0.0159 e. The largest absolute Gasteiger partial charge is 0.313 e. The lowest BCUT2D eigenvalue weighted by molar-refractivity contribution is 0.201. The summed E-state index contributed by atoms with van der Waals surface area (Å²) in [6, 6.07) is 0.698. The molecule has 0 aromatic heterocycles. The Morgan fingerprint density at radius 2 is 2.00 bits per heavy atom. The first kappa shape index (κ1) is 16.0. The summed E-state index contributed by atoms with van der Waals surface area (Å²) in [6.07, 6.45) is 4.07. The highest BCUT2D eigenvalue weighted by molar-refractivity contribution is 4.96. The highest BCUT2D eigenvalue weighted by Crippen LogP contribution is 2.41. The predicted molar refractivity (Wildman–Crippen MR) is 80.9 cm³/mol. The van der Waals surface area contributed by atoms with Crippen LogP contribution in [0.5, 0.6) is 0 Å². The fourth-order valence-electron chi connectivity index (χ4n) is 3.35. The SMILES string of the molecule is CCNC1C(CN(C)CCC(C)C)CCC1(C)C. The molecule has 1 N–H and O–H groups in total. The molecule has 18 heavy (non-hydrogen) atoms. The molecule has 0 bridgehead atoms. The number of hydrogen-bond acceptors (Lipinski definition) is 2. The zero-order valence-electron chi connectivity index (χ0n) is 13.4. The zero-order chi connectivity index (χ0) is 13.8. The van der Waals surface area contributed by atoms with E-state index in [1.165, 1.54) is 32.4 Å². The number of nitrogens with zero attached hydrogens (tertiary/aromatic N) is 1. The van der Waals surface area contributed by atoms with Crippen molar-refractivity contribution in [3.8, 4) is 0 Å². The molecule has 2 atom stereocenters. The van der Waals surface area contributed by atoms with Gasteiger partial charge in [0.2, 0.25) is 0 Å². The van der Waals surface area contributed by atoms with E-state index >= 15 is 0 Å². The van der Waals surface area contributed by atoms with Crippen molar-refractivity contribution in [1.82, 2.24) is 10.2 Å². The van der Waals surface area contributed by atoms with Gasteiger partial charge in [-0.15, -0.1) is 0 Å². The third-order valence-electron chi connectivity index (χ3n) is 4.53. The van der Waals surface area contributed by atoms with Crippen LogP contribution in [-0.2, 0) is 0 Å². The fourth-order valence-corrected chi connectivity index (χ4v) is 3.35. The molecule has 2 nitrogen and oxygen atoms in total. The molecular weight excluding hydrogens is 220 g/mol. The van der Waals surface area contributed by atoms with Crippen LogP contribution in [0.25, 0.3) is 0 Å². The van der Waals surface area contributed by atoms with Crippen LogP contribution in [0.2, 0.25) is 0 Å². The van der Waals surface area contributed by atoms with Crippen LogP contribution in [0.4, 0.5) is 0 Å². The molecule has 0 radical (unpaired) electrons. The Morgan fingerprint density at radius 3 is 2.56 bits per heavy atom. The van der Waals surface area contributed by atoms with E-state index in [4.69, 9.17) is 0 Å². The summed E-state index contributed by atoms with van der Waals surface area (Å²) in [4.78, 5) is 2.54. The first-order valence-corrected chi connectivity index (χ1v) is 7.78. The third-order valence-corrected chi connectivity index (χ3v) is 4.53. The molecule has 0 aromatic carbocycles. The summed E-state index contributed by atoms with van der Waals surface area (Å²) in [6.45, 7) is 15.3. The van der Waals surface area contributed by atoms with Crippen LogP contribution in [0.1, 0.15) is 53.9 Å². The minimum absolute atomic E-state index is 0.472. The van der Waals surface area contributed by atoms with Gasteiger partial charge in [-0.3, -0.25) is 0 Å². The summed E-state index contributed by atoms with van der Waals surface area (Å²) in [7, 11) is 2.29. The summed E-state index contributed by atoms with van der Waals surface area (Å²) < 4.78 is 0. The van der Waals surface area contributed by atoms with Crippen LogP contribution in [0.15, 0.2) is 0 Å². The highest BCUT2D eigenvalue weighted by atomic mass is 15.1. The van der Waals surface area contributed by atoms with Crippen LogP contribution < -0.4 is 5.32 Å². The molecule has 108 valence electrons. The average molecular weight is 254 g/mol. The van der Waals surface area contributed by atoms with Gasteiger partial charge in [0.05, 0.1) is 0 Å². The number of nitrogens with one attached hydrogen (secondary N) is 1. The Kier molecular flexibility index (Phi) is 6.13. The van der Waals surface area contributed by atoms with Gasteiger partial charge < -0.3 is 10.2 Å². The number of hydrogen-bond donors (Lipinski definition) is 1. The smallest absolute Gasteiger partial charge is 0.0159 e. The Labute approximate surface area is 115 Å². The van der Waals surface area contributed by atoms with Crippen molar-refractivity contribution >= 4 is 0 Å². The van der Waals surface area contributed by atoms with Gasteiger partial charge in [0.1, 0.15) is 0 Å². The molecule has 2 heteroatoms. The van der Waals surface area contributed by atoms with Gasteiger partial charge in [0.15, 0.2) is 0 Å². The summed E-state index contributed by atoms with van der Waals surface area (Å²) in [5, 5.41) is 3.73. The van der Waals surface area contributed by atoms with E-state index in [1.54, 1.807) is 0 Å². The Morgan fingerprint density at radius 1 is 1.33 bits per heavy atom. The van der Waals surface area contributed by atoms with Crippen molar-refractivity contribution in [2.75, 3.05) is 26.7 Å². The van der Waals surface area contributed by atoms with Crippen molar-refractivity contribution in [3.05, 3.63) is 0 Å². The second-order valence-electron chi connectivity index (χ2n) is 7.27. The summed E-state index contributed by atoms with van der Waals surface area (Å²) in [5.74, 6) is 1.65. The molecule has 1 fully saturated rings. The van der Waals surface area contributed by atoms with Crippen molar-refractivity contribution < 1.29 is 0 Å². The van der Waals surface area contributed by atoms with Crippen LogP contribution in [0, 0.1) is 17.3 Å². The van der Waals surface area contributed by atoms with E-state index in [-0.39, 0.29) is 0 Å². The first-order valence-electron chi connectivity index (χ1n) is 7.78. The van der Waals surface area contributed by atoms with Gasteiger partial charge >= 0.3 is 0 Å². The van der Waals surface area contributed by atoms with Crippen LogP contribution >= 0.6 is 0 Å². The predicted octanol–water partition coefficient (Wildman–Crippen LogP) is 3.38. The molecule has 1 rings (SSSR count). The van der Waals surface area contributed by atoms with E-state index in [0.29, 0.717) is 11.5 Å². The molecular formula is C16H34N2. The molecule has 0 spiro atoms. The van der Waals surface area contributed by atoms with E-state index in [2.05, 4.69) is 51.9 Å². The molecule has 0 aliphatic heterocycles. The lowest BCUT2D eigenvalue weighted by Gasteiger charge is -2.33. The monoisotopic (exact) mass is 254 g/mol. The Balaban J connectivity index is 2.45. The van der Waals surface area contributed by atoms with Gasteiger partial charge in [0.25, 0.3) is 0 Å². The molecule has 1 aliphatic rings. The van der Waals surface area contributed by atoms with E-state index < -0.39 is 0 Å². The van der Waals surface area contributed by atoms with Crippen molar-refractivity contribution in [2.24, 2.45) is 17.3 Å². The number of rotatable bonds is 7. The first-order chi connectivity index (χ1) is 8.36.